The molecule has 1 aliphatic heterocycles. The van der Waals surface area contributed by atoms with Gasteiger partial charge in [0.2, 0.25) is 5.91 Å². The number of nitrogens with zero attached hydrogens (tertiary/aromatic N) is 3. The standard InChI is InChI=1S/C24H33N5O2/c1-4-20(23(30)25-10-7-11-28-14-16(2)12-17(3)15-28)29-21-9-6-5-8-18(21)19-13-26-27-24(31)22(19)29/h5-6,8-9,13,16-17,20H,4,7,10-12,14-15H2,1-3H3,(H,25,30)(H,27,31). The van der Waals surface area contributed by atoms with Crippen LogP contribution in [0.2, 0.25) is 0 Å². The highest BCUT2D eigenvalue weighted by Crippen LogP contribution is 2.30. The molecule has 0 spiro atoms. The molecular weight excluding hydrogens is 390 g/mol. The largest absolute Gasteiger partial charge is 0.354 e. The zero-order valence-electron chi connectivity index (χ0n) is 18.7. The van der Waals surface area contributed by atoms with Crippen LogP contribution in [0, 0.1) is 11.8 Å². The number of nitrogens with one attached hydrogen (secondary N) is 2. The fourth-order valence-corrected chi connectivity index (χ4v) is 5.28. The normalized spacial score (nSPS) is 20.9. The summed E-state index contributed by atoms with van der Waals surface area (Å²) < 4.78 is 1.88. The van der Waals surface area contributed by atoms with Gasteiger partial charge in [-0.05, 0) is 43.7 Å². The van der Waals surface area contributed by atoms with Crippen LogP contribution in [0.3, 0.4) is 0 Å². The number of piperidine rings is 1. The lowest BCUT2D eigenvalue weighted by Gasteiger charge is -2.35. The van der Waals surface area contributed by atoms with Crippen molar-refractivity contribution in [2.75, 3.05) is 26.2 Å². The fourth-order valence-electron chi connectivity index (χ4n) is 5.28. The Morgan fingerprint density at radius 2 is 1.97 bits per heavy atom. The maximum Gasteiger partial charge on any atom is 0.288 e. The Balaban J connectivity index is 1.49. The number of hydrogen-bond donors (Lipinski definition) is 2. The summed E-state index contributed by atoms with van der Waals surface area (Å²) in [7, 11) is 0. The number of carbonyl (C=O) groups is 1. The second-order valence-electron chi connectivity index (χ2n) is 9.12. The monoisotopic (exact) mass is 423 g/mol. The van der Waals surface area contributed by atoms with Gasteiger partial charge in [0.1, 0.15) is 11.6 Å². The third kappa shape index (κ3) is 4.37. The van der Waals surface area contributed by atoms with Crippen molar-refractivity contribution < 1.29 is 4.79 Å². The molecule has 3 atom stereocenters. The van der Waals surface area contributed by atoms with Gasteiger partial charge in [-0.2, -0.15) is 5.10 Å². The smallest absolute Gasteiger partial charge is 0.288 e. The van der Waals surface area contributed by atoms with Gasteiger partial charge in [0.25, 0.3) is 5.56 Å². The molecule has 7 heteroatoms. The van der Waals surface area contributed by atoms with Gasteiger partial charge in [-0.1, -0.05) is 39.0 Å². The zero-order valence-corrected chi connectivity index (χ0v) is 18.7. The molecule has 3 heterocycles. The lowest BCUT2D eigenvalue weighted by molar-refractivity contribution is -0.124. The molecule has 1 aromatic carbocycles. The number of aromatic nitrogens is 3. The molecule has 0 saturated carbocycles. The summed E-state index contributed by atoms with van der Waals surface area (Å²) >= 11 is 0. The second kappa shape index (κ2) is 9.22. The van der Waals surface area contributed by atoms with Crippen LogP contribution in [0.25, 0.3) is 21.8 Å². The number of carbonyl (C=O) groups excluding carboxylic acids is 1. The molecule has 2 N–H and O–H groups in total. The number of fused-ring (bicyclic) bond motifs is 3. The van der Waals surface area contributed by atoms with Gasteiger partial charge >= 0.3 is 0 Å². The molecule has 1 saturated heterocycles. The molecule has 4 rings (SSSR count). The van der Waals surface area contributed by atoms with Gasteiger partial charge in [-0.25, -0.2) is 5.10 Å². The first-order valence-corrected chi connectivity index (χ1v) is 11.5. The Labute approximate surface area is 182 Å². The maximum absolute atomic E-state index is 13.2. The molecular formula is C24H33N5O2. The van der Waals surface area contributed by atoms with Crippen LogP contribution in [0.15, 0.2) is 35.3 Å². The van der Waals surface area contributed by atoms with E-state index < -0.39 is 6.04 Å². The van der Waals surface area contributed by atoms with Crippen molar-refractivity contribution in [2.24, 2.45) is 11.8 Å². The van der Waals surface area contributed by atoms with E-state index in [0.29, 0.717) is 18.5 Å². The summed E-state index contributed by atoms with van der Waals surface area (Å²) in [5.41, 5.74) is 1.12. The van der Waals surface area contributed by atoms with Gasteiger partial charge in [0, 0.05) is 30.4 Å². The van der Waals surface area contributed by atoms with Crippen molar-refractivity contribution >= 4 is 27.7 Å². The summed E-state index contributed by atoms with van der Waals surface area (Å²) in [6, 6.07) is 7.37. The Morgan fingerprint density at radius 3 is 2.71 bits per heavy atom. The summed E-state index contributed by atoms with van der Waals surface area (Å²) in [6.07, 6.45) is 4.50. The Morgan fingerprint density at radius 1 is 1.23 bits per heavy atom. The quantitative estimate of drug-likeness (QED) is 0.571. The number of benzene rings is 1. The number of hydrogen-bond acceptors (Lipinski definition) is 4. The summed E-state index contributed by atoms with van der Waals surface area (Å²) in [5.74, 6) is 1.44. The van der Waals surface area contributed by atoms with Crippen molar-refractivity contribution in [1.82, 2.24) is 25.0 Å². The van der Waals surface area contributed by atoms with Gasteiger partial charge in [0.05, 0.1) is 11.7 Å². The van der Waals surface area contributed by atoms with Crippen LogP contribution in [-0.4, -0.2) is 51.8 Å². The number of H-pyrrole nitrogens is 1. The minimum atomic E-state index is -0.444. The first-order valence-electron chi connectivity index (χ1n) is 11.5. The SMILES string of the molecule is CCC(C(=O)NCCCN1CC(C)CC(C)C1)n1c2ccccc2c2cn[nH]c(=O)c21. The number of rotatable bonds is 7. The van der Waals surface area contributed by atoms with E-state index in [1.54, 1.807) is 6.20 Å². The molecule has 3 unspecified atom stereocenters. The van der Waals surface area contributed by atoms with Gasteiger partial charge in [0.15, 0.2) is 0 Å². The third-order valence-corrected chi connectivity index (χ3v) is 6.42. The Bertz CT molecular complexity index is 1110. The van der Waals surface area contributed by atoms with Crippen LogP contribution >= 0.6 is 0 Å². The Hall–Kier alpha value is -2.67. The molecule has 166 valence electrons. The van der Waals surface area contributed by atoms with E-state index in [1.807, 2.05) is 35.8 Å². The average molecular weight is 424 g/mol. The first kappa shape index (κ1) is 21.6. The van der Waals surface area contributed by atoms with E-state index in [1.165, 1.54) is 6.42 Å². The average Bonchev–Trinajstić information content (AvgIpc) is 3.07. The number of aromatic amines is 1. The van der Waals surface area contributed by atoms with Gasteiger partial charge in [-0.15, -0.1) is 0 Å². The number of likely N-dealkylation sites (tertiary alicyclic amines) is 1. The van der Waals surface area contributed by atoms with Crippen LogP contribution < -0.4 is 10.9 Å². The fraction of sp³-hybridized carbons (Fsp3) is 0.542. The van der Waals surface area contributed by atoms with E-state index in [0.717, 1.165) is 54.2 Å². The second-order valence-corrected chi connectivity index (χ2v) is 9.12. The minimum Gasteiger partial charge on any atom is -0.354 e. The first-order chi connectivity index (χ1) is 15.0. The molecule has 31 heavy (non-hydrogen) atoms. The summed E-state index contributed by atoms with van der Waals surface area (Å²) in [4.78, 5) is 28.3. The summed E-state index contributed by atoms with van der Waals surface area (Å²) in [5, 5.41) is 11.3. The van der Waals surface area contributed by atoms with E-state index in [4.69, 9.17) is 0 Å². The Kier molecular flexibility index (Phi) is 6.41. The highest BCUT2D eigenvalue weighted by atomic mass is 16.2. The topological polar surface area (TPSA) is 83.0 Å². The van der Waals surface area contributed by atoms with Gasteiger partial charge in [-0.3, -0.25) is 9.59 Å². The van der Waals surface area contributed by atoms with Crippen LogP contribution in [0.5, 0.6) is 0 Å². The van der Waals surface area contributed by atoms with Crippen molar-refractivity contribution in [3.05, 3.63) is 40.8 Å². The molecule has 7 nitrogen and oxygen atoms in total. The molecule has 2 aromatic heterocycles. The van der Waals surface area contributed by atoms with Crippen molar-refractivity contribution in [1.29, 1.82) is 0 Å². The van der Waals surface area contributed by atoms with Crippen LogP contribution in [0.4, 0.5) is 0 Å². The molecule has 0 bridgehead atoms. The van der Waals surface area contributed by atoms with Crippen LogP contribution in [-0.2, 0) is 4.79 Å². The predicted molar refractivity (Wildman–Crippen MR) is 124 cm³/mol. The number of para-hydroxylation sites is 1. The molecule has 1 fully saturated rings. The van der Waals surface area contributed by atoms with Crippen molar-refractivity contribution in [3.63, 3.8) is 0 Å². The molecule has 0 radical (unpaired) electrons. The van der Waals surface area contributed by atoms with Crippen molar-refractivity contribution in [3.8, 4) is 0 Å². The minimum absolute atomic E-state index is 0.0401. The predicted octanol–water partition coefficient (Wildman–Crippen LogP) is 3.31. The molecule has 1 aliphatic rings. The van der Waals surface area contributed by atoms with Crippen molar-refractivity contribution in [2.45, 2.75) is 46.1 Å². The third-order valence-electron chi connectivity index (χ3n) is 6.42. The number of amides is 1. The highest BCUT2D eigenvalue weighted by molar-refractivity contribution is 6.08. The zero-order chi connectivity index (χ0) is 22.0. The van der Waals surface area contributed by atoms with Gasteiger partial charge < -0.3 is 14.8 Å². The van der Waals surface area contributed by atoms with E-state index in [2.05, 4.69) is 34.3 Å². The van der Waals surface area contributed by atoms with Crippen LogP contribution in [0.1, 0.15) is 46.1 Å². The molecule has 0 aliphatic carbocycles. The summed E-state index contributed by atoms with van der Waals surface area (Å²) in [6.45, 7) is 10.6. The lowest BCUT2D eigenvalue weighted by Crippen LogP contribution is -2.40. The van der Waals surface area contributed by atoms with E-state index in [-0.39, 0.29) is 11.5 Å². The maximum atomic E-state index is 13.2. The van der Waals surface area contributed by atoms with E-state index >= 15 is 0 Å². The highest BCUT2D eigenvalue weighted by Gasteiger charge is 2.25. The lowest BCUT2D eigenvalue weighted by atomic mass is 9.92. The van der Waals surface area contributed by atoms with E-state index in [9.17, 15) is 9.59 Å². The molecule has 3 aromatic rings. The molecule has 1 amide bonds.